The van der Waals surface area contributed by atoms with Gasteiger partial charge in [0.15, 0.2) is 0 Å². The Bertz CT molecular complexity index is 399. The SMILES string of the molecule is O=C(O)CCN(CCC1CCCCC1)c1ccccc1. The summed E-state index contributed by atoms with van der Waals surface area (Å²) in [6.45, 7) is 1.58. The maximum Gasteiger partial charge on any atom is 0.305 e. The molecule has 0 saturated heterocycles. The van der Waals surface area contributed by atoms with Crippen LogP contribution in [0.4, 0.5) is 5.69 Å². The van der Waals surface area contributed by atoms with E-state index in [-0.39, 0.29) is 6.42 Å². The van der Waals surface area contributed by atoms with Gasteiger partial charge in [0, 0.05) is 18.8 Å². The van der Waals surface area contributed by atoms with E-state index in [9.17, 15) is 4.79 Å². The van der Waals surface area contributed by atoms with Gasteiger partial charge in [-0.05, 0) is 24.5 Å². The number of aliphatic carboxylic acids is 1. The molecular formula is C17H25NO2. The Balaban J connectivity index is 1.89. The number of hydrogen-bond donors (Lipinski definition) is 1. The molecule has 3 heteroatoms. The highest BCUT2D eigenvalue weighted by molar-refractivity contribution is 5.67. The van der Waals surface area contributed by atoms with Gasteiger partial charge >= 0.3 is 5.97 Å². The zero-order chi connectivity index (χ0) is 14.2. The van der Waals surface area contributed by atoms with Crippen LogP contribution in [0.2, 0.25) is 0 Å². The summed E-state index contributed by atoms with van der Waals surface area (Å²) in [5.74, 6) is 0.114. The van der Waals surface area contributed by atoms with Crippen LogP contribution >= 0.6 is 0 Å². The predicted octanol–water partition coefficient (Wildman–Crippen LogP) is 3.94. The van der Waals surface area contributed by atoms with Crippen molar-refractivity contribution < 1.29 is 9.90 Å². The van der Waals surface area contributed by atoms with Crippen LogP contribution in [0.1, 0.15) is 44.9 Å². The lowest BCUT2D eigenvalue weighted by Crippen LogP contribution is -2.29. The summed E-state index contributed by atoms with van der Waals surface area (Å²) in [4.78, 5) is 13.0. The van der Waals surface area contributed by atoms with Gasteiger partial charge in [-0.25, -0.2) is 0 Å². The first-order chi connectivity index (χ1) is 9.75. The summed E-state index contributed by atoms with van der Waals surface area (Å²) in [6, 6.07) is 10.2. The molecule has 0 aromatic heterocycles. The fourth-order valence-corrected chi connectivity index (χ4v) is 3.05. The topological polar surface area (TPSA) is 40.5 Å². The van der Waals surface area contributed by atoms with Crippen molar-refractivity contribution in [3.63, 3.8) is 0 Å². The molecule has 0 spiro atoms. The second-order valence-electron chi connectivity index (χ2n) is 5.76. The number of benzene rings is 1. The van der Waals surface area contributed by atoms with E-state index in [1.54, 1.807) is 0 Å². The Kier molecular flexibility index (Phi) is 5.90. The third-order valence-corrected chi connectivity index (χ3v) is 4.25. The smallest absolute Gasteiger partial charge is 0.305 e. The van der Waals surface area contributed by atoms with Crippen LogP contribution < -0.4 is 4.90 Å². The summed E-state index contributed by atoms with van der Waals surface area (Å²) < 4.78 is 0. The van der Waals surface area contributed by atoms with Crippen LogP contribution in [-0.4, -0.2) is 24.2 Å². The van der Waals surface area contributed by atoms with Gasteiger partial charge in [0.1, 0.15) is 0 Å². The molecule has 0 aliphatic heterocycles. The highest BCUT2D eigenvalue weighted by atomic mass is 16.4. The average molecular weight is 275 g/mol. The van der Waals surface area contributed by atoms with Crippen molar-refractivity contribution in [2.75, 3.05) is 18.0 Å². The Morgan fingerprint density at radius 3 is 2.45 bits per heavy atom. The van der Waals surface area contributed by atoms with Crippen LogP contribution in [0.5, 0.6) is 0 Å². The second kappa shape index (κ2) is 7.93. The van der Waals surface area contributed by atoms with E-state index in [2.05, 4.69) is 17.0 Å². The van der Waals surface area contributed by atoms with Gasteiger partial charge in [0.25, 0.3) is 0 Å². The monoisotopic (exact) mass is 275 g/mol. The highest BCUT2D eigenvalue weighted by Crippen LogP contribution is 2.27. The molecule has 0 bridgehead atoms. The number of rotatable bonds is 7. The summed E-state index contributed by atoms with van der Waals surface area (Å²) in [6.07, 6.45) is 8.21. The van der Waals surface area contributed by atoms with Gasteiger partial charge < -0.3 is 10.0 Å². The molecule has 3 nitrogen and oxygen atoms in total. The number of carbonyl (C=O) groups is 1. The number of para-hydroxylation sites is 1. The third-order valence-electron chi connectivity index (χ3n) is 4.25. The molecule has 0 radical (unpaired) electrons. The molecule has 0 unspecified atom stereocenters. The normalized spacial score (nSPS) is 16.0. The van der Waals surface area contributed by atoms with Crippen LogP contribution in [0.25, 0.3) is 0 Å². The van der Waals surface area contributed by atoms with E-state index >= 15 is 0 Å². The van der Waals surface area contributed by atoms with Gasteiger partial charge in [-0.15, -0.1) is 0 Å². The lowest BCUT2D eigenvalue weighted by atomic mass is 9.87. The van der Waals surface area contributed by atoms with Gasteiger partial charge in [0.2, 0.25) is 0 Å². The van der Waals surface area contributed by atoms with E-state index in [0.29, 0.717) is 6.54 Å². The fraction of sp³-hybridized carbons (Fsp3) is 0.588. The van der Waals surface area contributed by atoms with E-state index < -0.39 is 5.97 Å². The Morgan fingerprint density at radius 1 is 1.10 bits per heavy atom. The predicted molar refractivity (Wildman–Crippen MR) is 82.1 cm³/mol. The van der Waals surface area contributed by atoms with Gasteiger partial charge in [-0.2, -0.15) is 0 Å². The Hall–Kier alpha value is -1.51. The number of hydrogen-bond acceptors (Lipinski definition) is 2. The first-order valence-corrected chi connectivity index (χ1v) is 7.77. The van der Waals surface area contributed by atoms with Gasteiger partial charge in [-0.3, -0.25) is 4.79 Å². The number of carboxylic acid groups (broad SMARTS) is 1. The van der Waals surface area contributed by atoms with Crippen LogP contribution in [0.3, 0.4) is 0 Å². The van der Waals surface area contributed by atoms with Crippen LogP contribution in [0, 0.1) is 5.92 Å². The minimum atomic E-state index is -0.719. The van der Waals surface area contributed by atoms with Crippen molar-refractivity contribution in [3.8, 4) is 0 Å². The zero-order valence-electron chi connectivity index (χ0n) is 12.1. The zero-order valence-corrected chi connectivity index (χ0v) is 12.1. The average Bonchev–Trinajstić information content (AvgIpc) is 2.49. The molecule has 1 aliphatic rings. The number of nitrogens with zero attached hydrogens (tertiary/aromatic N) is 1. The minimum absolute atomic E-state index is 0.208. The second-order valence-corrected chi connectivity index (χ2v) is 5.76. The van der Waals surface area contributed by atoms with Crippen molar-refractivity contribution in [1.29, 1.82) is 0 Å². The van der Waals surface area contributed by atoms with Crippen LogP contribution in [0.15, 0.2) is 30.3 Å². The maximum atomic E-state index is 10.8. The van der Waals surface area contributed by atoms with E-state index in [4.69, 9.17) is 5.11 Å². The fourth-order valence-electron chi connectivity index (χ4n) is 3.05. The van der Waals surface area contributed by atoms with Gasteiger partial charge in [-0.1, -0.05) is 50.3 Å². The first-order valence-electron chi connectivity index (χ1n) is 7.77. The van der Waals surface area contributed by atoms with Crippen molar-refractivity contribution in [1.82, 2.24) is 0 Å². The molecule has 1 saturated carbocycles. The Labute approximate surface area is 121 Å². The molecule has 2 rings (SSSR count). The summed E-state index contributed by atoms with van der Waals surface area (Å²) in [5.41, 5.74) is 1.14. The van der Waals surface area contributed by atoms with Gasteiger partial charge in [0.05, 0.1) is 6.42 Å². The molecule has 0 amide bonds. The molecular weight excluding hydrogens is 250 g/mol. The maximum absolute atomic E-state index is 10.8. The van der Waals surface area contributed by atoms with Crippen molar-refractivity contribution in [2.45, 2.75) is 44.9 Å². The van der Waals surface area contributed by atoms with Crippen molar-refractivity contribution in [3.05, 3.63) is 30.3 Å². The Morgan fingerprint density at radius 2 is 1.80 bits per heavy atom. The molecule has 1 aliphatic carbocycles. The largest absolute Gasteiger partial charge is 0.481 e. The molecule has 1 aromatic carbocycles. The van der Waals surface area contributed by atoms with Crippen molar-refractivity contribution >= 4 is 11.7 Å². The molecule has 1 aromatic rings. The summed E-state index contributed by atoms with van der Waals surface area (Å²) in [7, 11) is 0. The van der Waals surface area contributed by atoms with Crippen molar-refractivity contribution in [2.24, 2.45) is 5.92 Å². The van der Waals surface area contributed by atoms with Crippen LogP contribution in [-0.2, 0) is 4.79 Å². The van der Waals surface area contributed by atoms with E-state index in [1.165, 1.54) is 38.5 Å². The lowest BCUT2D eigenvalue weighted by molar-refractivity contribution is -0.136. The first kappa shape index (κ1) is 14.9. The lowest BCUT2D eigenvalue weighted by Gasteiger charge is -2.28. The summed E-state index contributed by atoms with van der Waals surface area (Å²) >= 11 is 0. The van der Waals surface area contributed by atoms with E-state index in [0.717, 1.165) is 18.2 Å². The number of anilines is 1. The molecule has 20 heavy (non-hydrogen) atoms. The van der Waals surface area contributed by atoms with E-state index in [1.807, 2.05) is 18.2 Å². The number of carboxylic acids is 1. The molecule has 1 N–H and O–H groups in total. The molecule has 0 atom stereocenters. The molecule has 0 heterocycles. The summed E-state index contributed by atoms with van der Waals surface area (Å²) in [5, 5.41) is 8.90. The molecule has 110 valence electrons. The highest BCUT2D eigenvalue weighted by Gasteiger charge is 2.15. The third kappa shape index (κ3) is 4.87. The minimum Gasteiger partial charge on any atom is -0.481 e. The standard InChI is InChI=1S/C17H25NO2/c19-17(20)12-14-18(16-9-5-2-6-10-16)13-11-15-7-3-1-4-8-15/h2,5-6,9-10,15H,1,3-4,7-8,11-14H2,(H,19,20). The quantitative estimate of drug-likeness (QED) is 0.819. The molecule has 1 fully saturated rings.